The molecule has 0 saturated carbocycles. The van der Waals surface area contributed by atoms with E-state index in [1.165, 1.54) is 0 Å². The monoisotopic (exact) mass is 116 g/mol. The highest BCUT2D eigenvalue weighted by Gasteiger charge is 1.79. The van der Waals surface area contributed by atoms with Crippen molar-refractivity contribution in [3.05, 3.63) is 30.1 Å². The normalized spacial score (nSPS) is 7.67. The molecule has 0 amide bonds. The van der Waals surface area contributed by atoms with Gasteiger partial charge in [0.15, 0.2) is 0 Å². The van der Waals surface area contributed by atoms with Crippen LogP contribution in [0.25, 0.3) is 0 Å². The fourth-order valence-electron chi connectivity index (χ4n) is 0.538. The van der Waals surface area contributed by atoms with Gasteiger partial charge in [-0.2, -0.15) is 0 Å². The van der Waals surface area contributed by atoms with E-state index >= 15 is 0 Å². The Kier molecular flexibility index (Phi) is 1.87. The van der Waals surface area contributed by atoms with Crippen LogP contribution in [0.2, 0.25) is 0 Å². The van der Waals surface area contributed by atoms with E-state index in [1.54, 1.807) is 19.3 Å². The molecule has 0 saturated heterocycles. The largest absolute Gasteiger partial charge is 0.263 e. The second-order valence-corrected chi connectivity index (χ2v) is 1.55. The Labute approximate surface area is 54.7 Å². The number of nitrogens with zero attached hydrogens (tertiary/aromatic N) is 1. The van der Waals surface area contributed by atoms with Crippen LogP contribution < -0.4 is 0 Å². The fourth-order valence-corrected chi connectivity index (χ4v) is 0.538. The standard InChI is InChI=1S/C8H6N/c1-2-4-8-5-3-6-9-7-8/h5-7H,1H3. The molecule has 1 radical (unpaired) electrons. The van der Waals surface area contributed by atoms with E-state index in [-0.39, 0.29) is 0 Å². The van der Waals surface area contributed by atoms with Gasteiger partial charge in [-0.05, 0) is 13.0 Å². The third kappa shape index (κ3) is 1.58. The zero-order valence-corrected chi connectivity index (χ0v) is 5.18. The minimum atomic E-state index is 0.917. The summed E-state index contributed by atoms with van der Waals surface area (Å²) in [6.07, 6.45) is 3.33. The minimum absolute atomic E-state index is 0.917. The van der Waals surface area contributed by atoms with Gasteiger partial charge < -0.3 is 0 Å². The van der Waals surface area contributed by atoms with Crippen LogP contribution in [-0.2, 0) is 0 Å². The van der Waals surface area contributed by atoms with Crippen molar-refractivity contribution in [2.45, 2.75) is 6.92 Å². The lowest BCUT2D eigenvalue weighted by molar-refractivity contribution is 1.31. The van der Waals surface area contributed by atoms with Gasteiger partial charge in [-0.15, -0.1) is 5.92 Å². The summed E-state index contributed by atoms with van der Waals surface area (Å²) in [6, 6.07) is 4.64. The zero-order valence-electron chi connectivity index (χ0n) is 5.18. The number of rotatable bonds is 0. The molecule has 1 nitrogen and oxygen atoms in total. The van der Waals surface area contributed by atoms with E-state index in [0.717, 1.165) is 5.56 Å². The maximum absolute atomic E-state index is 3.85. The van der Waals surface area contributed by atoms with Crippen molar-refractivity contribution >= 4 is 0 Å². The highest BCUT2D eigenvalue weighted by molar-refractivity contribution is 5.29. The van der Waals surface area contributed by atoms with Crippen molar-refractivity contribution in [3.8, 4) is 11.8 Å². The Morgan fingerprint density at radius 1 is 1.67 bits per heavy atom. The third-order valence-electron chi connectivity index (χ3n) is 0.871. The van der Waals surface area contributed by atoms with Crippen LogP contribution in [0.15, 0.2) is 18.5 Å². The molecule has 0 N–H and O–H groups in total. The van der Waals surface area contributed by atoms with E-state index in [0.29, 0.717) is 0 Å². The molecule has 0 aliphatic carbocycles. The average Bonchev–Trinajstić information content (AvgIpc) is 1.91. The van der Waals surface area contributed by atoms with Crippen LogP contribution in [0, 0.1) is 17.9 Å². The molecule has 1 aromatic rings. The van der Waals surface area contributed by atoms with Crippen molar-refractivity contribution in [1.82, 2.24) is 4.98 Å². The lowest BCUT2D eigenvalue weighted by atomic mass is 10.3. The average molecular weight is 116 g/mol. The number of hydrogen-bond acceptors (Lipinski definition) is 1. The molecule has 0 aromatic carbocycles. The predicted octanol–water partition coefficient (Wildman–Crippen LogP) is 1.25. The Hall–Kier alpha value is -1.29. The Balaban J connectivity index is 2.94. The fraction of sp³-hybridized carbons (Fsp3) is 0.125. The maximum Gasteiger partial charge on any atom is 0.0434 e. The van der Waals surface area contributed by atoms with Crippen LogP contribution in [0.5, 0.6) is 0 Å². The van der Waals surface area contributed by atoms with Crippen molar-refractivity contribution in [3.63, 3.8) is 0 Å². The SMILES string of the molecule is CC#Cc1c[c]cnc1. The molecule has 0 aliphatic heterocycles. The van der Waals surface area contributed by atoms with E-state index in [1.807, 2.05) is 6.07 Å². The molecule has 0 atom stereocenters. The molecule has 0 fully saturated rings. The molecule has 0 spiro atoms. The molecule has 0 aliphatic rings. The van der Waals surface area contributed by atoms with Gasteiger partial charge in [0, 0.05) is 24.0 Å². The summed E-state index contributed by atoms with van der Waals surface area (Å²) >= 11 is 0. The van der Waals surface area contributed by atoms with Crippen LogP contribution in [0.3, 0.4) is 0 Å². The van der Waals surface area contributed by atoms with Gasteiger partial charge in [0.1, 0.15) is 0 Å². The van der Waals surface area contributed by atoms with Crippen molar-refractivity contribution < 1.29 is 0 Å². The van der Waals surface area contributed by atoms with Gasteiger partial charge in [0.25, 0.3) is 0 Å². The van der Waals surface area contributed by atoms with Gasteiger partial charge >= 0.3 is 0 Å². The molecule has 1 rings (SSSR count). The molecule has 1 aromatic heterocycles. The highest BCUT2D eigenvalue weighted by atomic mass is 14.6. The highest BCUT2D eigenvalue weighted by Crippen LogP contribution is 1.89. The van der Waals surface area contributed by atoms with E-state index in [4.69, 9.17) is 0 Å². The van der Waals surface area contributed by atoms with Crippen LogP contribution in [0.4, 0.5) is 0 Å². The first-order valence-corrected chi connectivity index (χ1v) is 2.67. The van der Waals surface area contributed by atoms with E-state index in [2.05, 4.69) is 22.9 Å². The summed E-state index contributed by atoms with van der Waals surface area (Å²) in [5.41, 5.74) is 0.917. The lowest BCUT2D eigenvalue weighted by Gasteiger charge is -1.82. The lowest BCUT2D eigenvalue weighted by Crippen LogP contribution is -1.73. The molecular weight excluding hydrogens is 110 g/mol. The first-order valence-electron chi connectivity index (χ1n) is 2.67. The first-order chi connectivity index (χ1) is 4.43. The summed E-state index contributed by atoms with van der Waals surface area (Å²) in [7, 11) is 0. The molecular formula is C8H6N. The molecule has 0 bridgehead atoms. The second-order valence-electron chi connectivity index (χ2n) is 1.55. The van der Waals surface area contributed by atoms with Gasteiger partial charge in [0.2, 0.25) is 0 Å². The van der Waals surface area contributed by atoms with Crippen molar-refractivity contribution in [2.24, 2.45) is 0 Å². The first kappa shape index (κ1) is 5.84. The van der Waals surface area contributed by atoms with Crippen LogP contribution >= 0.6 is 0 Å². The Morgan fingerprint density at radius 3 is 3.11 bits per heavy atom. The zero-order chi connectivity index (χ0) is 6.53. The van der Waals surface area contributed by atoms with E-state index in [9.17, 15) is 0 Å². The third-order valence-corrected chi connectivity index (χ3v) is 0.871. The smallest absolute Gasteiger partial charge is 0.0434 e. The van der Waals surface area contributed by atoms with Gasteiger partial charge in [-0.1, -0.05) is 5.92 Å². The number of pyridine rings is 1. The molecule has 43 valence electrons. The van der Waals surface area contributed by atoms with Gasteiger partial charge in [-0.3, -0.25) is 4.98 Å². The summed E-state index contributed by atoms with van der Waals surface area (Å²) < 4.78 is 0. The van der Waals surface area contributed by atoms with Crippen LogP contribution in [-0.4, -0.2) is 4.98 Å². The number of aromatic nitrogens is 1. The Morgan fingerprint density at radius 2 is 2.56 bits per heavy atom. The van der Waals surface area contributed by atoms with E-state index < -0.39 is 0 Å². The predicted molar refractivity (Wildman–Crippen MR) is 35.6 cm³/mol. The minimum Gasteiger partial charge on any atom is -0.263 e. The van der Waals surface area contributed by atoms with Gasteiger partial charge in [-0.25, -0.2) is 0 Å². The summed E-state index contributed by atoms with van der Waals surface area (Å²) in [5.74, 6) is 5.64. The Bertz CT molecular complexity index is 228. The summed E-state index contributed by atoms with van der Waals surface area (Å²) in [4.78, 5) is 3.85. The molecule has 9 heavy (non-hydrogen) atoms. The second kappa shape index (κ2) is 2.88. The van der Waals surface area contributed by atoms with Crippen LogP contribution in [0.1, 0.15) is 12.5 Å². The van der Waals surface area contributed by atoms with Crippen molar-refractivity contribution in [1.29, 1.82) is 0 Å². The number of hydrogen-bond donors (Lipinski definition) is 0. The van der Waals surface area contributed by atoms with Gasteiger partial charge in [0.05, 0.1) is 0 Å². The molecule has 1 heterocycles. The summed E-state index contributed by atoms with van der Waals surface area (Å²) in [6.45, 7) is 1.80. The molecule has 0 unspecified atom stereocenters. The van der Waals surface area contributed by atoms with Crippen molar-refractivity contribution in [2.75, 3.05) is 0 Å². The maximum atomic E-state index is 3.85. The molecule has 1 heteroatoms. The quantitative estimate of drug-likeness (QED) is 0.465. The summed E-state index contributed by atoms with van der Waals surface area (Å²) in [5, 5.41) is 0. The topological polar surface area (TPSA) is 12.9 Å².